The van der Waals surface area contributed by atoms with E-state index in [9.17, 15) is 9.59 Å². The minimum atomic E-state index is -0.895. The lowest BCUT2D eigenvalue weighted by atomic mass is 10.0. The zero-order chi connectivity index (χ0) is 13.0. The summed E-state index contributed by atoms with van der Waals surface area (Å²) in [4.78, 5) is 22.3. The largest absolute Gasteiger partial charge is 0.481 e. The molecule has 1 aliphatic carbocycles. The van der Waals surface area contributed by atoms with Gasteiger partial charge in [-0.15, -0.1) is 0 Å². The van der Waals surface area contributed by atoms with Crippen LogP contribution in [-0.2, 0) is 4.79 Å². The first-order valence-corrected chi connectivity index (χ1v) is 6.25. The number of carbonyl (C=O) groups excluding carboxylic acids is 1. The summed E-state index contributed by atoms with van der Waals surface area (Å²) in [6.45, 7) is 5.42. The molecule has 0 aromatic rings. The summed E-state index contributed by atoms with van der Waals surface area (Å²) in [7, 11) is 0. The SMILES string of the molecule is CCCC1CC1NC(=O)NC(C)C(C)C(=O)O. The quantitative estimate of drug-likeness (QED) is 0.661. The van der Waals surface area contributed by atoms with Crippen LogP contribution in [0.1, 0.15) is 40.0 Å². The smallest absolute Gasteiger partial charge is 0.315 e. The summed E-state index contributed by atoms with van der Waals surface area (Å²) in [6, 6.07) is -0.340. The van der Waals surface area contributed by atoms with E-state index in [1.807, 2.05) is 0 Å². The molecule has 17 heavy (non-hydrogen) atoms. The van der Waals surface area contributed by atoms with Crippen molar-refractivity contribution in [2.45, 2.75) is 52.1 Å². The van der Waals surface area contributed by atoms with Gasteiger partial charge in [-0.3, -0.25) is 4.79 Å². The van der Waals surface area contributed by atoms with Gasteiger partial charge in [0.05, 0.1) is 5.92 Å². The van der Waals surface area contributed by atoms with Crippen molar-refractivity contribution >= 4 is 12.0 Å². The molecule has 4 unspecified atom stereocenters. The molecule has 0 bridgehead atoms. The molecule has 1 saturated carbocycles. The highest BCUT2D eigenvalue weighted by atomic mass is 16.4. The predicted molar refractivity (Wildman–Crippen MR) is 64.7 cm³/mol. The maximum atomic E-state index is 11.6. The summed E-state index contributed by atoms with van der Waals surface area (Å²) < 4.78 is 0. The minimum Gasteiger partial charge on any atom is -0.481 e. The second kappa shape index (κ2) is 5.89. The molecule has 0 aromatic heterocycles. The van der Waals surface area contributed by atoms with Crippen molar-refractivity contribution in [1.82, 2.24) is 10.6 Å². The van der Waals surface area contributed by atoms with Crippen molar-refractivity contribution in [2.75, 3.05) is 0 Å². The summed E-state index contributed by atoms with van der Waals surface area (Å²) in [5.74, 6) is -0.863. The number of carboxylic acid groups (broad SMARTS) is 1. The van der Waals surface area contributed by atoms with Crippen molar-refractivity contribution in [2.24, 2.45) is 11.8 Å². The van der Waals surface area contributed by atoms with E-state index in [-0.39, 0.29) is 18.1 Å². The molecule has 3 N–H and O–H groups in total. The Balaban J connectivity index is 2.24. The number of hydrogen-bond acceptors (Lipinski definition) is 2. The van der Waals surface area contributed by atoms with Gasteiger partial charge in [-0.05, 0) is 32.6 Å². The average molecular weight is 242 g/mol. The van der Waals surface area contributed by atoms with Crippen LogP contribution in [0.2, 0.25) is 0 Å². The van der Waals surface area contributed by atoms with E-state index in [0.717, 1.165) is 19.3 Å². The Morgan fingerprint density at radius 3 is 2.59 bits per heavy atom. The van der Waals surface area contributed by atoms with Gasteiger partial charge in [0.15, 0.2) is 0 Å². The number of hydrogen-bond donors (Lipinski definition) is 3. The summed E-state index contributed by atoms with van der Waals surface area (Å²) in [6.07, 6.45) is 3.33. The van der Waals surface area contributed by atoms with Crippen molar-refractivity contribution in [3.05, 3.63) is 0 Å². The van der Waals surface area contributed by atoms with E-state index in [1.165, 1.54) is 0 Å². The van der Waals surface area contributed by atoms with Crippen LogP contribution in [0.5, 0.6) is 0 Å². The normalized spacial score (nSPS) is 25.8. The third-order valence-electron chi connectivity index (χ3n) is 3.40. The van der Waals surface area contributed by atoms with Crippen LogP contribution < -0.4 is 10.6 Å². The van der Waals surface area contributed by atoms with Crippen LogP contribution in [0.15, 0.2) is 0 Å². The molecule has 4 atom stereocenters. The Morgan fingerprint density at radius 2 is 2.06 bits per heavy atom. The predicted octanol–water partition coefficient (Wildman–Crippen LogP) is 1.58. The Morgan fingerprint density at radius 1 is 1.41 bits per heavy atom. The van der Waals surface area contributed by atoms with E-state index in [2.05, 4.69) is 17.6 Å². The molecule has 5 nitrogen and oxygen atoms in total. The average Bonchev–Trinajstić information content (AvgIpc) is 2.95. The Bertz CT molecular complexity index is 293. The highest BCUT2D eigenvalue weighted by Gasteiger charge is 2.37. The third-order valence-corrected chi connectivity index (χ3v) is 3.40. The van der Waals surface area contributed by atoms with Crippen LogP contribution in [0.4, 0.5) is 4.79 Å². The van der Waals surface area contributed by atoms with Crippen molar-refractivity contribution in [3.8, 4) is 0 Å². The van der Waals surface area contributed by atoms with Gasteiger partial charge in [0, 0.05) is 12.1 Å². The lowest BCUT2D eigenvalue weighted by Crippen LogP contribution is -2.46. The molecular formula is C12H22N2O3. The number of rotatable bonds is 6. The number of nitrogens with one attached hydrogen (secondary N) is 2. The molecule has 0 heterocycles. The summed E-state index contributed by atoms with van der Waals surface area (Å²) in [5.41, 5.74) is 0. The second-order valence-electron chi connectivity index (χ2n) is 4.92. The molecule has 0 aromatic carbocycles. The molecule has 0 spiro atoms. The van der Waals surface area contributed by atoms with Crippen LogP contribution in [0, 0.1) is 11.8 Å². The van der Waals surface area contributed by atoms with Crippen molar-refractivity contribution in [1.29, 1.82) is 0 Å². The zero-order valence-corrected chi connectivity index (χ0v) is 10.7. The molecule has 5 heteroatoms. The molecule has 1 rings (SSSR count). The first-order chi connectivity index (χ1) is 7.95. The number of urea groups is 1. The van der Waals surface area contributed by atoms with Gasteiger partial charge in [0.25, 0.3) is 0 Å². The standard InChI is InChI=1S/C12H22N2O3/c1-4-5-9-6-10(9)14-12(17)13-8(3)7(2)11(15)16/h7-10H,4-6H2,1-3H3,(H,15,16)(H2,13,14,17). The number of carboxylic acids is 1. The molecule has 1 fully saturated rings. The van der Waals surface area contributed by atoms with Gasteiger partial charge in [-0.1, -0.05) is 13.3 Å². The zero-order valence-electron chi connectivity index (χ0n) is 10.7. The fraction of sp³-hybridized carbons (Fsp3) is 0.833. The summed E-state index contributed by atoms with van der Waals surface area (Å²) >= 11 is 0. The first-order valence-electron chi connectivity index (χ1n) is 6.25. The van der Waals surface area contributed by atoms with Crippen molar-refractivity contribution < 1.29 is 14.7 Å². The van der Waals surface area contributed by atoms with Gasteiger partial charge in [0.1, 0.15) is 0 Å². The molecule has 2 amide bonds. The van der Waals surface area contributed by atoms with E-state index < -0.39 is 11.9 Å². The maximum absolute atomic E-state index is 11.6. The second-order valence-corrected chi connectivity index (χ2v) is 4.92. The van der Waals surface area contributed by atoms with Gasteiger partial charge >= 0.3 is 12.0 Å². The van der Waals surface area contributed by atoms with E-state index in [1.54, 1.807) is 13.8 Å². The molecule has 0 aliphatic heterocycles. The molecule has 1 aliphatic rings. The van der Waals surface area contributed by atoms with Gasteiger partial charge in [0.2, 0.25) is 0 Å². The van der Waals surface area contributed by atoms with Crippen LogP contribution >= 0.6 is 0 Å². The van der Waals surface area contributed by atoms with Crippen LogP contribution in [-0.4, -0.2) is 29.2 Å². The van der Waals surface area contributed by atoms with E-state index in [0.29, 0.717) is 5.92 Å². The van der Waals surface area contributed by atoms with Gasteiger partial charge < -0.3 is 15.7 Å². The van der Waals surface area contributed by atoms with Crippen molar-refractivity contribution in [3.63, 3.8) is 0 Å². The fourth-order valence-corrected chi connectivity index (χ4v) is 1.87. The van der Waals surface area contributed by atoms with Crippen LogP contribution in [0.25, 0.3) is 0 Å². The number of carbonyl (C=O) groups is 2. The third kappa shape index (κ3) is 4.24. The van der Waals surface area contributed by atoms with E-state index >= 15 is 0 Å². The molecular weight excluding hydrogens is 220 g/mol. The molecule has 0 radical (unpaired) electrons. The lowest BCUT2D eigenvalue weighted by molar-refractivity contribution is -0.141. The highest BCUT2D eigenvalue weighted by Crippen LogP contribution is 2.34. The Kier molecular flexibility index (Phi) is 4.78. The molecule has 98 valence electrons. The first kappa shape index (κ1) is 13.8. The van der Waals surface area contributed by atoms with Crippen LogP contribution in [0.3, 0.4) is 0 Å². The number of aliphatic carboxylic acids is 1. The fourth-order valence-electron chi connectivity index (χ4n) is 1.87. The molecule has 0 saturated heterocycles. The monoisotopic (exact) mass is 242 g/mol. The topological polar surface area (TPSA) is 78.4 Å². The lowest BCUT2D eigenvalue weighted by Gasteiger charge is -2.18. The Hall–Kier alpha value is -1.26. The number of amides is 2. The van der Waals surface area contributed by atoms with Gasteiger partial charge in [-0.25, -0.2) is 4.79 Å². The Labute approximate surface area is 102 Å². The maximum Gasteiger partial charge on any atom is 0.315 e. The van der Waals surface area contributed by atoms with E-state index in [4.69, 9.17) is 5.11 Å². The minimum absolute atomic E-state index is 0.255. The summed E-state index contributed by atoms with van der Waals surface area (Å²) in [5, 5.41) is 14.3. The van der Waals surface area contributed by atoms with Gasteiger partial charge in [-0.2, -0.15) is 0 Å². The highest BCUT2D eigenvalue weighted by molar-refractivity contribution is 5.77.